The number of hydrogen-bond acceptors (Lipinski definition) is 4. The first-order chi connectivity index (χ1) is 9.97. The number of anilines is 2. The lowest BCUT2D eigenvalue weighted by Gasteiger charge is -2.18. The normalized spacial score (nSPS) is 13.3. The number of carbonyl (C=O) groups excluding carboxylic acids is 2. The maximum atomic E-state index is 12.0. The van der Waals surface area contributed by atoms with Crippen LogP contribution in [0.3, 0.4) is 0 Å². The van der Waals surface area contributed by atoms with Crippen molar-refractivity contribution in [2.24, 2.45) is 11.7 Å². The number of amides is 2. The molecule has 21 heavy (non-hydrogen) atoms. The molecular formula is C15H23N3O3. The lowest BCUT2D eigenvalue weighted by Crippen LogP contribution is -2.40. The number of methoxy groups -OCH3 is 1. The molecule has 0 saturated carbocycles. The lowest BCUT2D eigenvalue weighted by molar-refractivity contribution is -0.120. The van der Waals surface area contributed by atoms with Crippen LogP contribution in [0.1, 0.15) is 20.3 Å². The smallest absolute Gasteiger partial charge is 0.250 e. The number of nitrogens with two attached hydrogens (primary N) is 1. The molecule has 0 spiro atoms. The first-order valence-corrected chi connectivity index (χ1v) is 6.93. The summed E-state index contributed by atoms with van der Waals surface area (Å²) in [6.45, 7) is 3.91. The van der Waals surface area contributed by atoms with Gasteiger partial charge in [0.1, 0.15) is 6.61 Å². The molecule has 0 aliphatic heterocycles. The summed E-state index contributed by atoms with van der Waals surface area (Å²) in [5.41, 5.74) is 7.06. The molecule has 0 saturated heterocycles. The standard InChI is InChI=1S/C15H23N3O3/c1-4-10(2)14(16)15(20)18-12-7-5-6-11(8-12)17-13(19)9-21-3/h5-8,10,14H,4,9,16H2,1-3H3,(H,17,19)(H,18,20)/t10?,14-/m0/s1. The number of benzene rings is 1. The van der Waals surface area contributed by atoms with Crippen LogP contribution in [0.25, 0.3) is 0 Å². The molecule has 2 atom stereocenters. The molecule has 0 fully saturated rings. The predicted octanol–water partition coefficient (Wildman–Crippen LogP) is 1.58. The summed E-state index contributed by atoms with van der Waals surface area (Å²) in [6.07, 6.45) is 0.835. The van der Waals surface area contributed by atoms with E-state index in [1.54, 1.807) is 24.3 Å². The molecule has 0 aliphatic rings. The van der Waals surface area contributed by atoms with Gasteiger partial charge in [-0.15, -0.1) is 0 Å². The third-order valence-corrected chi connectivity index (χ3v) is 3.25. The molecule has 116 valence electrons. The van der Waals surface area contributed by atoms with Gasteiger partial charge in [-0.05, 0) is 24.1 Å². The van der Waals surface area contributed by atoms with Gasteiger partial charge in [-0.3, -0.25) is 9.59 Å². The highest BCUT2D eigenvalue weighted by molar-refractivity contribution is 5.96. The Hall–Kier alpha value is -1.92. The van der Waals surface area contributed by atoms with Crippen molar-refractivity contribution < 1.29 is 14.3 Å². The van der Waals surface area contributed by atoms with Crippen molar-refractivity contribution in [2.45, 2.75) is 26.3 Å². The van der Waals surface area contributed by atoms with Crippen LogP contribution in [0.15, 0.2) is 24.3 Å². The van der Waals surface area contributed by atoms with E-state index in [1.165, 1.54) is 7.11 Å². The summed E-state index contributed by atoms with van der Waals surface area (Å²) in [4.78, 5) is 23.4. The number of nitrogens with one attached hydrogen (secondary N) is 2. The van der Waals surface area contributed by atoms with E-state index in [1.807, 2.05) is 13.8 Å². The Kier molecular flexibility index (Phi) is 6.84. The molecule has 1 aromatic carbocycles. The van der Waals surface area contributed by atoms with Gasteiger partial charge in [0.2, 0.25) is 11.8 Å². The van der Waals surface area contributed by atoms with Gasteiger partial charge in [0, 0.05) is 18.5 Å². The minimum absolute atomic E-state index is 0.0184. The Morgan fingerprint density at radius 1 is 1.29 bits per heavy atom. The Labute approximate surface area is 125 Å². The second kappa shape index (κ2) is 8.39. The zero-order valence-corrected chi connectivity index (χ0v) is 12.7. The molecule has 2 amide bonds. The fourth-order valence-electron chi connectivity index (χ4n) is 1.74. The first-order valence-electron chi connectivity index (χ1n) is 6.93. The van der Waals surface area contributed by atoms with Gasteiger partial charge < -0.3 is 21.1 Å². The van der Waals surface area contributed by atoms with Crippen molar-refractivity contribution in [3.8, 4) is 0 Å². The van der Waals surface area contributed by atoms with Crippen LogP contribution in [0, 0.1) is 5.92 Å². The molecule has 0 aromatic heterocycles. The fraction of sp³-hybridized carbons (Fsp3) is 0.467. The molecular weight excluding hydrogens is 270 g/mol. The second-order valence-corrected chi connectivity index (χ2v) is 4.96. The fourth-order valence-corrected chi connectivity index (χ4v) is 1.74. The summed E-state index contributed by atoms with van der Waals surface area (Å²) in [5.74, 6) is -0.378. The van der Waals surface area contributed by atoms with Crippen LogP contribution in [0.2, 0.25) is 0 Å². The highest BCUT2D eigenvalue weighted by atomic mass is 16.5. The van der Waals surface area contributed by atoms with Crippen LogP contribution in [-0.4, -0.2) is 31.6 Å². The van der Waals surface area contributed by atoms with Gasteiger partial charge >= 0.3 is 0 Å². The summed E-state index contributed by atoms with van der Waals surface area (Å²) < 4.78 is 4.74. The molecule has 0 bridgehead atoms. The Balaban J connectivity index is 2.68. The van der Waals surface area contributed by atoms with Crippen LogP contribution in [0.5, 0.6) is 0 Å². The molecule has 6 heteroatoms. The number of rotatable bonds is 7. The van der Waals surface area contributed by atoms with Crippen molar-refractivity contribution in [3.05, 3.63) is 24.3 Å². The summed E-state index contributed by atoms with van der Waals surface area (Å²) in [5, 5.41) is 5.43. The van der Waals surface area contributed by atoms with Gasteiger partial charge in [0.05, 0.1) is 6.04 Å². The third kappa shape index (κ3) is 5.53. The molecule has 4 N–H and O–H groups in total. The van der Waals surface area contributed by atoms with Crippen molar-refractivity contribution in [2.75, 3.05) is 24.4 Å². The molecule has 0 heterocycles. The molecule has 1 unspecified atom stereocenters. The van der Waals surface area contributed by atoms with Crippen molar-refractivity contribution in [1.29, 1.82) is 0 Å². The highest BCUT2D eigenvalue weighted by Gasteiger charge is 2.19. The van der Waals surface area contributed by atoms with E-state index in [0.717, 1.165) is 6.42 Å². The van der Waals surface area contributed by atoms with E-state index in [0.29, 0.717) is 11.4 Å². The zero-order valence-electron chi connectivity index (χ0n) is 12.7. The van der Waals surface area contributed by atoms with Crippen LogP contribution in [-0.2, 0) is 14.3 Å². The van der Waals surface area contributed by atoms with E-state index in [4.69, 9.17) is 10.5 Å². The maximum Gasteiger partial charge on any atom is 0.250 e. The molecule has 6 nitrogen and oxygen atoms in total. The molecule has 1 aromatic rings. The number of ether oxygens (including phenoxy) is 1. The quantitative estimate of drug-likeness (QED) is 0.711. The Bertz CT molecular complexity index is 491. The maximum absolute atomic E-state index is 12.0. The summed E-state index contributed by atoms with van der Waals surface area (Å²) in [6, 6.07) is 6.34. The van der Waals surface area contributed by atoms with E-state index in [9.17, 15) is 9.59 Å². The van der Waals surface area contributed by atoms with E-state index < -0.39 is 6.04 Å². The van der Waals surface area contributed by atoms with Crippen LogP contribution >= 0.6 is 0 Å². The van der Waals surface area contributed by atoms with Gasteiger partial charge in [-0.2, -0.15) is 0 Å². The van der Waals surface area contributed by atoms with Gasteiger partial charge in [0.15, 0.2) is 0 Å². The second-order valence-electron chi connectivity index (χ2n) is 4.96. The van der Waals surface area contributed by atoms with Crippen molar-refractivity contribution >= 4 is 23.2 Å². The van der Waals surface area contributed by atoms with Crippen molar-refractivity contribution in [1.82, 2.24) is 0 Å². The van der Waals surface area contributed by atoms with Gasteiger partial charge in [0.25, 0.3) is 0 Å². The third-order valence-electron chi connectivity index (χ3n) is 3.25. The van der Waals surface area contributed by atoms with Crippen LogP contribution < -0.4 is 16.4 Å². The van der Waals surface area contributed by atoms with E-state index >= 15 is 0 Å². The monoisotopic (exact) mass is 293 g/mol. The summed E-state index contributed by atoms with van der Waals surface area (Å²) >= 11 is 0. The Morgan fingerprint density at radius 2 is 1.90 bits per heavy atom. The molecule has 0 aliphatic carbocycles. The Morgan fingerprint density at radius 3 is 2.48 bits per heavy atom. The zero-order chi connectivity index (χ0) is 15.8. The highest BCUT2D eigenvalue weighted by Crippen LogP contribution is 2.16. The number of hydrogen-bond donors (Lipinski definition) is 3. The lowest BCUT2D eigenvalue weighted by atomic mass is 9.99. The minimum atomic E-state index is -0.554. The van der Waals surface area contributed by atoms with Gasteiger partial charge in [-0.1, -0.05) is 26.3 Å². The van der Waals surface area contributed by atoms with E-state index in [-0.39, 0.29) is 24.3 Å². The van der Waals surface area contributed by atoms with Crippen LogP contribution in [0.4, 0.5) is 11.4 Å². The molecule has 0 radical (unpaired) electrons. The van der Waals surface area contributed by atoms with E-state index in [2.05, 4.69) is 10.6 Å². The average molecular weight is 293 g/mol. The minimum Gasteiger partial charge on any atom is -0.375 e. The average Bonchev–Trinajstić information content (AvgIpc) is 2.46. The SMILES string of the molecule is CCC(C)[C@H](N)C(=O)Nc1cccc(NC(=O)COC)c1. The predicted molar refractivity (Wildman–Crippen MR) is 83.0 cm³/mol. The van der Waals surface area contributed by atoms with Gasteiger partial charge in [-0.25, -0.2) is 0 Å². The van der Waals surface area contributed by atoms with Crippen molar-refractivity contribution in [3.63, 3.8) is 0 Å². The number of carbonyl (C=O) groups is 2. The summed E-state index contributed by atoms with van der Waals surface area (Å²) in [7, 11) is 1.45. The molecule has 1 rings (SSSR count). The topological polar surface area (TPSA) is 93.5 Å². The largest absolute Gasteiger partial charge is 0.375 e. The first kappa shape index (κ1) is 17.1.